The van der Waals surface area contributed by atoms with Gasteiger partial charge in [-0.05, 0) is 44.4 Å². The summed E-state index contributed by atoms with van der Waals surface area (Å²) >= 11 is 0. The molecular formula is C21H26N6O3S. The monoisotopic (exact) mass is 442 g/mol. The van der Waals surface area contributed by atoms with Crippen LogP contribution < -0.4 is 9.62 Å². The number of carbonyl (C=O) groups excluding carboxylic acids is 1. The highest BCUT2D eigenvalue weighted by atomic mass is 32.2. The van der Waals surface area contributed by atoms with Crippen molar-refractivity contribution in [2.24, 2.45) is 12.0 Å². The lowest BCUT2D eigenvalue weighted by atomic mass is 10.1. The first-order valence-corrected chi connectivity index (χ1v) is 12.0. The maximum Gasteiger partial charge on any atom is 0.263 e. The molecule has 0 saturated heterocycles. The van der Waals surface area contributed by atoms with E-state index in [0.717, 1.165) is 24.8 Å². The van der Waals surface area contributed by atoms with Gasteiger partial charge in [-0.3, -0.25) is 19.4 Å². The lowest BCUT2D eigenvalue weighted by Crippen LogP contribution is -2.52. The molecular weight excluding hydrogens is 416 g/mol. The lowest BCUT2D eigenvalue weighted by molar-refractivity contribution is 0.0832. The molecule has 9 nitrogen and oxygen atoms in total. The SMILES string of the molecule is CC[C@H]1CN=C2N(Cc3cnn(C)c3)C(=O)c3cc(S(=O)(=O)NC4(C)CC4)ccc3N21. The first kappa shape index (κ1) is 20.2. The van der Waals surface area contributed by atoms with E-state index in [-0.39, 0.29) is 22.4 Å². The molecule has 164 valence electrons. The number of aromatic nitrogens is 2. The van der Waals surface area contributed by atoms with Crippen LogP contribution in [-0.2, 0) is 23.6 Å². The summed E-state index contributed by atoms with van der Waals surface area (Å²) in [5.74, 6) is 0.368. The molecule has 31 heavy (non-hydrogen) atoms. The molecule has 3 aliphatic rings. The van der Waals surface area contributed by atoms with Crippen LogP contribution in [0.2, 0.25) is 0 Å². The number of rotatable bonds is 6. The Morgan fingerprint density at radius 3 is 2.71 bits per heavy atom. The van der Waals surface area contributed by atoms with Crippen LogP contribution in [0.25, 0.3) is 0 Å². The zero-order chi connectivity index (χ0) is 22.0. The Labute approximate surface area is 181 Å². The van der Waals surface area contributed by atoms with Crippen molar-refractivity contribution in [3.05, 3.63) is 41.7 Å². The minimum absolute atomic E-state index is 0.113. The van der Waals surface area contributed by atoms with Crippen molar-refractivity contribution in [3.63, 3.8) is 0 Å². The Morgan fingerprint density at radius 2 is 2.06 bits per heavy atom. The van der Waals surface area contributed by atoms with Crippen LogP contribution in [0.5, 0.6) is 0 Å². The quantitative estimate of drug-likeness (QED) is 0.736. The molecule has 1 aromatic heterocycles. The second-order valence-corrected chi connectivity index (χ2v) is 10.5. The number of hydrogen-bond acceptors (Lipinski definition) is 6. The number of carbonyl (C=O) groups is 1. The molecule has 0 unspecified atom stereocenters. The summed E-state index contributed by atoms with van der Waals surface area (Å²) in [6, 6.07) is 4.95. The Bertz CT molecular complexity index is 1200. The Morgan fingerprint density at radius 1 is 1.29 bits per heavy atom. The van der Waals surface area contributed by atoms with Crippen LogP contribution >= 0.6 is 0 Å². The standard InChI is InChI=1S/C21H26N6O3S/c1-4-15-11-22-20-26(13-14-10-23-25(3)12-14)19(28)17-9-16(5-6-18(17)27(15)20)31(29,30)24-21(2)7-8-21/h5-6,9-10,12,15,24H,4,7-8,11,13H2,1-3H3/t15-/m0/s1. The topological polar surface area (TPSA) is 99.9 Å². The normalized spacial score (nSPS) is 21.7. The molecule has 5 rings (SSSR count). The zero-order valence-corrected chi connectivity index (χ0v) is 18.7. The van der Waals surface area contributed by atoms with Gasteiger partial charge in [-0.25, -0.2) is 13.1 Å². The molecule has 0 spiro atoms. The molecule has 0 radical (unpaired) electrons. The number of guanidine groups is 1. The average molecular weight is 443 g/mol. The van der Waals surface area contributed by atoms with Crippen molar-refractivity contribution < 1.29 is 13.2 Å². The van der Waals surface area contributed by atoms with Gasteiger partial charge in [0.25, 0.3) is 5.91 Å². The van der Waals surface area contributed by atoms with Crippen LogP contribution in [0.3, 0.4) is 0 Å². The smallest absolute Gasteiger partial charge is 0.263 e. The van der Waals surface area contributed by atoms with Gasteiger partial charge < -0.3 is 4.90 Å². The van der Waals surface area contributed by atoms with Crippen LogP contribution in [0.4, 0.5) is 5.69 Å². The lowest BCUT2D eigenvalue weighted by Gasteiger charge is -2.38. The third kappa shape index (κ3) is 3.43. The van der Waals surface area contributed by atoms with E-state index >= 15 is 0 Å². The minimum Gasteiger partial charge on any atom is -0.306 e. The zero-order valence-electron chi connectivity index (χ0n) is 17.9. The summed E-state index contributed by atoms with van der Waals surface area (Å²) in [7, 11) is -1.88. The predicted molar refractivity (Wildman–Crippen MR) is 116 cm³/mol. The third-order valence-corrected chi connectivity index (χ3v) is 7.87. The van der Waals surface area contributed by atoms with Crippen LogP contribution in [-0.4, -0.2) is 53.1 Å². The second kappa shape index (κ2) is 6.89. The molecule has 1 amide bonds. The molecule has 2 aromatic rings. The van der Waals surface area contributed by atoms with E-state index < -0.39 is 10.0 Å². The van der Waals surface area contributed by atoms with Crippen molar-refractivity contribution in [2.45, 2.75) is 56.1 Å². The van der Waals surface area contributed by atoms with Crippen LogP contribution in [0, 0.1) is 0 Å². The maximum atomic E-state index is 13.5. The Balaban J connectivity index is 1.56. The van der Waals surface area contributed by atoms with Gasteiger partial charge in [-0.2, -0.15) is 5.10 Å². The van der Waals surface area contributed by atoms with E-state index in [1.807, 2.05) is 20.2 Å². The summed E-state index contributed by atoms with van der Waals surface area (Å²) in [6.07, 6.45) is 6.09. The fourth-order valence-electron chi connectivity index (χ4n) is 4.19. The molecule has 1 N–H and O–H groups in total. The summed E-state index contributed by atoms with van der Waals surface area (Å²) in [5.41, 5.74) is 1.60. The maximum absolute atomic E-state index is 13.5. The van der Waals surface area contributed by atoms with Gasteiger partial charge in [-0.15, -0.1) is 0 Å². The number of aliphatic imine (C=N–C) groups is 1. The molecule has 0 bridgehead atoms. The molecule has 3 heterocycles. The first-order valence-electron chi connectivity index (χ1n) is 10.5. The number of aryl methyl sites for hydroxylation is 1. The van der Waals surface area contributed by atoms with E-state index in [1.165, 1.54) is 6.07 Å². The van der Waals surface area contributed by atoms with Crippen molar-refractivity contribution in [1.29, 1.82) is 0 Å². The minimum atomic E-state index is -3.71. The molecule has 1 atom stereocenters. The van der Waals surface area contributed by atoms with Gasteiger partial charge in [0, 0.05) is 24.3 Å². The summed E-state index contributed by atoms with van der Waals surface area (Å²) in [6.45, 7) is 4.90. The Hall–Kier alpha value is -2.72. The number of nitrogens with zero attached hydrogens (tertiary/aromatic N) is 5. The fourth-order valence-corrected chi connectivity index (χ4v) is 5.68. The first-order chi connectivity index (χ1) is 14.7. The van der Waals surface area contributed by atoms with E-state index in [9.17, 15) is 13.2 Å². The van der Waals surface area contributed by atoms with E-state index in [0.29, 0.717) is 30.3 Å². The number of hydrogen-bond donors (Lipinski definition) is 1. The van der Waals surface area contributed by atoms with E-state index in [4.69, 9.17) is 0 Å². The average Bonchev–Trinajstić information content (AvgIpc) is 3.12. The molecule has 1 aromatic carbocycles. The third-order valence-electron chi connectivity index (χ3n) is 6.23. The molecule has 1 saturated carbocycles. The number of sulfonamides is 1. The van der Waals surface area contributed by atoms with Gasteiger partial charge in [0.15, 0.2) is 0 Å². The molecule has 2 aliphatic heterocycles. The summed E-state index contributed by atoms with van der Waals surface area (Å²) in [5, 5.41) is 4.19. The van der Waals surface area contributed by atoms with Gasteiger partial charge in [0.2, 0.25) is 16.0 Å². The molecule has 10 heteroatoms. The van der Waals surface area contributed by atoms with Crippen LogP contribution in [0.1, 0.15) is 49.0 Å². The van der Waals surface area contributed by atoms with Crippen LogP contribution in [0.15, 0.2) is 40.5 Å². The van der Waals surface area contributed by atoms with Gasteiger partial charge in [0.05, 0.1) is 41.5 Å². The number of benzene rings is 1. The highest BCUT2D eigenvalue weighted by Crippen LogP contribution is 2.38. The largest absolute Gasteiger partial charge is 0.306 e. The van der Waals surface area contributed by atoms with Crippen molar-refractivity contribution in [1.82, 2.24) is 19.4 Å². The highest BCUT2D eigenvalue weighted by molar-refractivity contribution is 7.89. The van der Waals surface area contributed by atoms with Crippen molar-refractivity contribution in [2.75, 3.05) is 11.4 Å². The fraction of sp³-hybridized carbons (Fsp3) is 0.476. The number of anilines is 1. The second-order valence-electron chi connectivity index (χ2n) is 8.83. The molecule has 1 aliphatic carbocycles. The number of fused-ring (bicyclic) bond motifs is 3. The van der Waals surface area contributed by atoms with E-state index in [1.54, 1.807) is 27.9 Å². The van der Waals surface area contributed by atoms with Gasteiger partial charge in [0.1, 0.15) is 0 Å². The highest BCUT2D eigenvalue weighted by Gasteiger charge is 2.44. The van der Waals surface area contributed by atoms with Crippen molar-refractivity contribution >= 4 is 27.6 Å². The predicted octanol–water partition coefficient (Wildman–Crippen LogP) is 1.86. The summed E-state index contributed by atoms with van der Waals surface area (Å²) < 4.78 is 30.3. The Kier molecular flexibility index (Phi) is 4.49. The number of nitrogens with one attached hydrogen (secondary N) is 1. The van der Waals surface area contributed by atoms with Crippen molar-refractivity contribution in [3.8, 4) is 0 Å². The van der Waals surface area contributed by atoms with E-state index in [2.05, 4.69) is 26.6 Å². The molecule has 1 fully saturated rings. The van der Waals surface area contributed by atoms with Gasteiger partial charge >= 0.3 is 0 Å². The van der Waals surface area contributed by atoms with Gasteiger partial charge in [-0.1, -0.05) is 6.92 Å². The number of amides is 1. The summed E-state index contributed by atoms with van der Waals surface area (Å²) in [4.78, 5) is 22.0.